The Morgan fingerprint density at radius 3 is 2.20 bits per heavy atom. The first-order valence-corrected chi connectivity index (χ1v) is 7.83. The maximum atomic E-state index is 12.4. The quantitative estimate of drug-likeness (QED) is 0.815. The summed E-state index contributed by atoms with van der Waals surface area (Å²) in [6.45, 7) is 11.7. The summed E-state index contributed by atoms with van der Waals surface area (Å²) >= 11 is 0. The van der Waals surface area contributed by atoms with E-state index >= 15 is 0 Å². The topological polar surface area (TPSA) is 38.3 Å². The summed E-state index contributed by atoms with van der Waals surface area (Å²) in [5, 5.41) is 0. The van der Waals surface area contributed by atoms with Crippen LogP contribution in [0.2, 0.25) is 0 Å². The minimum Gasteiger partial charge on any atom is -0.497 e. The lowest BCUT2D eigenvalue weighted by molar-refractivity contribution is 0.412. The molecule has 4 heteroatoms. The first-order chi connectivity index (χ1) is 9.23. The fourth-order valence-electron chi connectivity index (χ4n) is 1.82. The van der Waals surface area contributed by atoms with Gasteiger partial charge >= 0.3 is 0 Å². The van der Waals surface area contributed by atoms with E-state index in [-0.39, 0.29) is 4.75 Å². The molecule has 2 atom stereocenters. The van der Waals surface area contributed by atoms with Crippen molar-refractivity contribution in [2.24, 2.45) is 0 Å². The fraction of sp³-hybridized carbons (Fsp3) is 0.500. The monoisotopic (exact) mass is 295 g/mol. The molecule has 1 unspecified atom stereocenters. The smallest absolute Gasteiger partial charge is 0.118 e. The van der Waals surface area contributed by atoms with Crippen LogP contribution >= 0.6 is 0 Å². The lowest BCUT2D eigenvalue weighted by Crippen LogP contribution is -2.45. The number of benzene rings is 1. The van der Waals surface area contributed by atoms with Gasteiger partial charge in [0.2, 0.25) is 0 Å². The Morgan fingerprint density at radius 2 is 1.80 bits per heavy atom. The zero-order valence-corrected chi connectivity index (χ0v) is 13.8. The zero-order chi connectivity index (χ0) is 15.4. The molecular formula is C16H25NO2S. The van der Waals surface area contributed by atoms with Crippen molar-refractivity contribution in [2.45, 2.75) is 44.4 Å². The Bertz CT molecular complexity index is 476. The number of rotatable bonds is 6. The van der Waals surface area contributed by atoms with E-state index in [1.165, 1.54) is 0 Å². The summed E-state index contributed by atoms with van der Waals surface area (Å²) in [4.78, 5) is 0. The third-order valence-electron chi connectivity index (χ3n) is 3.15. The molecule has 0 amide bonds. The van der Waals surface area contributed by atoms with Gasteiger partial charge in [-0.3, -0.25) is 0 Å². The van der Waals surface area contributed by atoms with Crippen LogP contribution in [0.4, 0.5) is 0 Å². The molecule has 0 radical (unpaired) electrons. The molecule has 0 aliphatic rings. The molecular weight excluding hydrogens is 270 g/mol. The third kappa shape index (κ3) is 4.18. The molecule has 3 nitrogen and oxygen atoms in total. The first-order valence-electron chi connectivity index (χ1n) is 6.68. The number of ether oxygens (including phenoxy) is 1. The van der Waals surface area contributed by atoms with Crippen molar-refractivity contribution >= 4 is 11.0 Å². The molecule has 0 bridgehead atoms. The van der Waals surface area contributed by atoms with Crippen molar-refractivity contribution in [3.8, 4) is 5.75 Å². The summed E-state index contributed by atoms with van der Waals surface area (Å²) in [6, 6.07) is 7.82. The minimum absolute atomic E-state index is 0.311. The van der Waals surface area contributed by atoms with Gasteiger partial charge in [0.15, 0.2) is 0 Å². The Morgan fingerprint density at radius 1 is 1.25 bits per heavy atom. The van der Waals surface area contributed by atoms with Crippen LogP contribution in [0.1, 0.15) is 39.7 Å². The Labute approximate surface area is 125 Å². The Hall–Kier alpha value is -1.13. The Kier molecular flexibility index (Phi) is 5.54. The Balaban J connectivity index is 3.06. The normalized spacial score (nSPS) is 16.2. The highest BCUT2D eigenvalue weighted by Gasteiger charge is 2.31. The van der Waals surface area contributed by atoms with Gasteiger partial charge in [-0.2, -0.15) is 0 Å². The van der Waals surface area contributed by atoms with Crippen LogP contribution in [-0.2, 0) is 16.5 Å². The van der Waals surface area contributed by atoms with Crippen molar-refractivity contribution in [2.75, 3.05) is 7.11 Å². The van der Waals surface area contributed by atoms with Gasteiger partial charge in [-0.05, 0) is 51.8 Å². The van der Waals surface area contributed by atoms with Crippen molar-refractivity contribution in [1.29, 1.82) is 0 Å². The molecule has 0 spiro atoms. The van der Waals surface area contributed by atoms with E-state index in [0.717, 1.165) is 11.3 Å². The molecule has 0 aliphatic carbocycles. The van der Waals surface area contributed by atoms with E-state index in [4.69, 9.17) is 4.74 Å². The molecule has 1 aromatic rings. The molecule has 1 rings (SSSR count). The van der Waals surface area contributed by atoms with E-state index in [9.17, 15) is 4.21 Å². The van der Waals surface area contributed by atoms with Crippen LogP contribution in [0.5, 0.6) is 5.75 Å². The molecule has 0 saturated carbocycles. The average molecular weight is 295 g/mol. The first kappa shape index (κ1) is 16.9. The molecule has 20 heavy (non-hydrogen) atoms. The van der Waals surface area contributed by atoms with Gasteiger partial charge in [0, 0.05) is 0 Å². The second kappa shape index (κ2) is 6.55. The van der Waals surface area contributed by atoms with Crippen molar-refractivity contribution in [1.82, 2.24) is 4.72 Å². The van der Waals surface area contributed by atoms with E-state index < -0.39 is 16.5 Å². The molecule has 0 aromatic heterocycles. The van der Waals surface area contributed by atoms with Crippen LogP contribution < -0.4 is 9.46 Å². The molecule has 0 aliphatic heterocycles. The molecule has 0 saturated heterocycles. The average Bonchev–Trinajstić information content (AvgIpc) is 2.38. The second-order valence-electron chi connectivity index (χ2n) is 6.04. The predicted molar refractivity (Wildman–Crippen MR) is 86.2 cm³/mol. The van der Waals surface area contributed by atoms with Gasteiger partial charge < -0.3 is 4.74 Å². The van der Waals surface area contributed by atoms with Crippen molar-refractivity contribution in [3.63, 3.8) is 0 Å². The number of methoxy groups -OCH3 is 1. The molecule has 0 fully saturated rings. The van der Waals surface area contributed by atoms with Crippen LogP contribution in [0.25, 0.3) is 0 Å². The summed E-state index contributed by atoms with van der Waals surface area (Å²) in [7, 11) is 0.499. The second-order valence-corrected chi connectivity index (χ2v) is 8.00. The summed E-state index contributed by atoms with van der Waals surface area (Å²) in [5.41, 5.74) is 0.655. The van der Waals surface area contributed by atoms with Crippen LogP contribution in [-0.4, -0.2) is 16.1 Å². The van der Waals surface area contributed by atoms with Gasteiger partial charge in [-0.1, -0.05) is 18.2 Å². The van der Waals surface area contributed by atoms with Crippen LogP contribution in [0.3, 0.4) is 0 Å². The van der Waals surface area contributed by atoms with Gasteiger partial charge in [0.25, 0.3) is 0 Å². The van der Waals surface area contributed by atoms with Gasteiger partial charge in [-0.15, -0.1) is 6.58 Å². The molecule has 1 aromatic carbocycles. The fourth-order valence-corrected chi connectivity index (χ4v) is 2.74. The minimum atomic E-state index is -1.14. The summed E-state index contributed by atoms with van der Waals surface area (Å²) in [6.07, 6.45) is 2.54. The van der Waals surface area contributed by atoms with E-state index in [1.807, 2.05) is 58.0 Å². The van der Waals surface area contributed by atoms with Gasteiger partial charge in [0.05, 0.1) is 28.4 Å². The van der Waals surface area contributed by atoms with Crippen molar-refractivity contribution < 1.29 is 8.95 Å². The molecule has 112 valence electrons. The number of hydrogen-bond donors (Lipinski definition) is 1. The lowest BCUT2D eigenvalue weighted by Gasteiger charge is -2.33. The van der Waals surface area contributed by atoms with Crippen molar-refractivity contribution in [3.05, 3.63) is 42.5 Å². The van der Waals surface area contributed by atoms with E-state index in [0.29, 0.717) is 6.42 Å². The van der Waals surface area contributed by atoms with Gasteiger partial charge in [0.1, 0.15) is 5.75 Å². The number of nitrogens with one attached hydrogen (secondary N) is 1. The highest BCUT2D eigenvalue weighted by molar-refractivity contribution is 7.84. The molecule has 0 heterocycles. The maximum Gasteiger partial charge on any atom is 0.118 e. The highest BCUT2D eigenvalue weighted by atomic mass is 32.2. The summed E-state index contributed by atoms with van der Waals surface area (Å²) in [5.74, 6) is 0.812. The van der Waals surface area contributed by atoms with E-state index in [2.05, 4.69) is 11.3 Å². The third-order valence-corrected chi connectivity index (χ3v) is 4.90. The summed E-state index contributed by atoms with van der Waals surface area (Å²) < 4.78 is 20.5. The standard InChI is InChI=1S/C16H25NO2S/c1-7-12-16(5,17-20(18)15(2,3)4)13-8-10-14(19-6)11-9-13/h7-11,17H,1,12H2,2-6H3/t16-,20?/m0/s1. The highest BCUT2D eigenvalue weighted by Crippen LogP contribution is 2.28. The number of hydrogen-bond acceptors (Lipinski definition) is 2. The van der Waals surface area contributed by atoms with E-state index in [1.54, 1.807) is 7.11 Å². The van der Waals surface area contributed by atoms with Crippen LogP contribution in [0.15, 0.2) is 36.9 Å². The predicted octanol–water partition coefficient (Wildman–Crippen LogP) is 3.54. The molecule has 1 N–H and O–H groups in total. The zero-order valence-electron chi connectivity index (χ0n) is 13.0. The SMILES string of the molecule is C=CC[C@](C)(NS(=O)C(C)(C)C)c1ccc(OC)cc1. The van der Waals surface area contributed by atoms with Gasteiger partial charge in [-0.25, -0.2) is 8.93 Å². The lowest BCUT2D eigenvalue weighted by atomic mass is 9.90. The largest absolute Gasteiger partial charge is 0.497 e. The van der Waals surface area contributed by atoms with Crippen LogP contribution in [0, 0.1) is 0 Å². The maximum absolute atomic E-state index is 12.4.